The van der Waals surface area contributed by atoms with Gasteiger partial charge in [-0.2, -0.15) is 8.78 Å². The summed E-state index contributed by atoms with van der Waals surface area (Å²) in [5, 5.41) is 0. The second kappa shape index (κ2) is 6.25. The lowest BCUT2D eigenvalue weighted by atomic mass is 10.2. The highest BCUT2D eigenvalue weighted by Gasteiger charge is 2.07. The van der Waals surface area contributed by atoms with Gasteiger partial charge in [-0.15, -0.1) is 0 Å². The van der Waals surface area contributed by atoms with Crippen LogP contribution in [-0.2, 0) is 11.3 Å². The van der Waals surface area contributed by atoms with Gasteiger partial charge < -0.3 is 14.5 Å². The van der Waals surface area contributed by atoms with Crippen LogP contribution in [0.5, 0.6) is 5.75 Å². The van der Waals surface area contributed by atoms with Crippen molar-refractivity contribution in [3.05, 3.63) is 46.4 Å². The van der Waals surface area contributed by atoms with Crippen LogP contribution in [0.1, 0.15) is 5.69 Å². The van der Waals surface area contributed by atoms with E-state index >= 15 is 0 Å². The van der Waals surface area contributed by atoms with E-state index in [-0.39, 0.29) is 17.9 Å². The van der Waals surface area contributed by atoms with Gasteiger partial charge in [-0.1, -0.05) is 0 Å². The second-order valence-electron chi connectivity index (χ2n) is 3.92. The summed E-state index contributed by atoms with van der Waals surface area (Å²) >= 11 is 0. The third-order valence-electron chi connectivity index (χ3n) is 2.44. The zero-order valence-electron chi connectivity index (χ0n) is 10.6. The molecule has 1 aromatic carbocycles. The molecule has 0 aliphatic carbocycles. The van der Waals surface area contributed by atoms with Gasteiger partial charge in [0.2, 0.25) is 0 Å². The summed E-state index contributed by atoms with van der Waals surface area (Å²) in [4.78, 5) is 18.3. The molecule has 2 rings (SSSR count). The predicted molar refractivity (Wildman–Crippen MR) is 67.6 cm³/mol. The van der Waals surface area contributed by atoms with Gasteiger partial charge in [0.05, 0.1) is 12.3 Å². The topological polar surface area (TPSA) is 64.2 Å². The molecule has 5 nitrogen and oxygen atoms in total. The quantitative estimate of drug-likeness (QED) is 0.913. The Hall–Kier alpha value is -2.28. The summed E-state index contributed by atoms with van der Waals surface area (Å²) < 4.78 is 33.2. The van der Waals surface area contributed by atoms with Crippen LogP contribution >= 0.6 is 0 Å². The molecule has 1 aromatic heterocycles. The minimum Gasteiger partial charge on any atom is -0.435 e. The summed E-state index contributed by atoms with van der Waals surface area (Å²) in [6.07, 6.45) is 0. The molecule has 0 unspecified atom stereocenters. The number of nitrogens with zero attached hydrogens (tertiary/aromatic N) is 1. The molecule has 20 heavy (non-hydrogen) atoms. The number of nitrogens with one attached hydrogen (secondary N) is 1. The molecule has 2 aromatic rings. The fraction of sp³-hybridized carbons (Fsp3) is 0.231. The lowest BCUT2D eigenvalue weighted by molar-refractivity contribution is -0.0498. The van der Waals surface area contributed by atoms with Gasteiger partial charge in [0.25, 0.3) is 5.56 Å². The van der Waals surface area contributed by atoms with E-state index < -0.39 is 6.61 Å². The normalized spacial score (nSPS) is 10.8. The molecule has 1 N–H and O–H groups in total. The summed E-state index contributed by atoms with van der Waals surface area (Å²) in [5.74, 6) is 0.382. The number of hydrogen-bond acceptors (Lipinski definition) is 4. The minimum atomic E-state index is -2.87. The first kappa shape index (κ1) is 14.1. The van der Waals surface area contributed by atoms with Crippen molar-refractivity contribution in [2.75, 3.05) is 7.11 Å². The Bertz CT molecular complexity index is 626. The standard InChI is InChI=1S/C13H12F2N2O3/c1-19-7-9-6-11(18)17-12(16-9)8-2-4-10(5-3-8)20-13(14)15/h2-6,13H,7H2,1H3,(H,16,17,18). The SMILES string of the molecule is COCc1cc(=O)[nH]c(-c2ccc(OC(F)F)cc2)n1. The third kappa shape index (κ3) is 3.61. The van der Waals surface area contributed by atoms with Gasteiger partial charge in [-0.25, -0.2) is 4.98 Å². The molecular formula is C13H12F2N2O3. The first-order valence-corrected chi connectivity index (χ1v) is 5.73. The number of halogens is 2. The Morgan fingerprint density at radius 3 is 2.60 bits per heavy atom. The van der Waals surface area contributed by atoms with E-state index in [4.69, 9.17) is 4.74 Å². The van der Waals surface area contributed by atoms with E-state index in [1.54, 1.807) is 0 Å². The minimum absolute atomic E-state index is 0.0409. The number of aromatic nitrogens is 2. The summed E-state index contributed by atoms with van der Waals surface area (Å²) in [6.45, 7) is -2.66. The van der Waals surface area contributed by atoms with Crippen molar-refractivity contribution in [2.45, 2.75) is 13.2 Å². The van der Waals surface area contributed by atoms with Crippen molar-refractivity contribution < 1.29 is 18.3 Å². The van der Waals surface area contributed by atoms with Crippen molar-refractivity contribution in [3.8, 4) is 17.1 Å². The van der Waals surface area contributed by atoms with Gasteiger partial charge in [0.15, 0.2) is 0 Å². The van der Waals surface area contributed by atoms with E-state index in [1.807, 2.05) is 0 Å². The molecule has 0 saturated carbocycles. The number of hydrogen-bond donors (Lipinski definition) is 1. The molecule has 0 fully saturated rings. The summed E-state index contributed by atoms with van der Waals surface area (Å²) in [5.41, 5.74) is 0.760. The third-order valence-corrected chi connectivity index (χ3v) is 2.44. The van der Waals surface area contributed by atoms with Gasteiger partial charge in [-0.05, 0) is 24.3 Å². The van der Waals surface area contributed by atoms with Gasteiger partial charge in [0, 0.05) is 18.7 Å². The molecule has 0 atom stereocenters. The van der Waals surface area contributed by atoms with E-state index in [2.05, 4.69) is 14.7 Å². The Kier molecular flexibility index (Phi) is 4.41. The molecule has 0 amide bonds. The Morgan fingerprint density at radius 1 is 1.30 bits per heavy atom. The average Bonchev–Trinajstić information content (AvgIpc) is 2.38. The molecule has 0 saturated heterocycles. The molecule has 0 spiro atoms. The number of rotatable bonds is 5. The highest BCUT2D eigenvalue weighted by atomic mass is 19.3. The zero-order valence-corrected chi connectivity index (χ0v) is 10.6. The molecule has 0 radical (unpaired) electrons. The lowest BCUT2D eigenvalue weighted by Crippen LogP contribution is -2.10. The van der Waals surface area contributed by atoms with E-state index in [1.165, 1.54) is 37.4 Å². The van der Waals surface area contributed by atoms with Crippen molar-refractivity contribution in [1.82, 2.24) is 9.97 Å². The maximum atomic E-state index is 12.0. The molecule has 0 bridgehead atoms. The lowest BCUT2D eigenvalue weighted by Gasteiger charge is -2.06. The van der Waals surface area contributed by atoms with Crippen LogP contribution in [0.3, 0.4) is 0 Å². The van der Waals surface area contributed by atoms with Crippen LogP contribution in [0.25, 0.3) is 11.4 Å². The van der Waals surface area contributed by atoms with Gasteiger partial charge in [0.1, 0.15) is 11.6 Å². The summed E-state index contributed by atoms with van der Waals surface area (Å²) in [6, 6.07) is 7.16. The van der Waals surface area contributed by atoms with Crippen LogP contribution in [0.4, 0.5) is 8.78 Å². The Labute approximate surface area is 113 Å². The van der Waals surface area contributed by atoms with Crippen LogP contribution < -0.4 is 10.3 Å². The average molecular weight is 282 g/mol. The molecule has 7 heteroatoms. The molecule has 1 heterocycles. The van der Waals surface area contributed by atoms with Crippen molar-refractivity contribution in [3.63, 3.8) is 0 Å². The largest absolute Gasteiger partial charge is 0.435 e. The number of ether oxygens (including phenoxy) is 2. The number of benzene rings is 1. The maximum Gasteiger partial charge on any atom is 0.387 e. The number of methoxy groups -OCH3 is 1. The van der Waals surface area contributed by atoms with Crippen LogP contribution in [0.15, 0.2) is 35.1 Å². The van der Waals surface area contributed by atoms with E-state index in [9.17, 15) is 13.6 Å². The molecular weight excluding hydrogens is 270 g/mol. The zero-order chi connectivity index (χ0) is 14.5. The van der Waals surface area contributed by atoms with Gasteiger partial charge >= 0.3 is 6.61 Å². The first-order chi connectivity index (χ1) is 9.58. The Morgan fingerprint density at radius 2 is 2.00 bits per heavy atom. The van der Waals surface area contributed by atoms with E-state index in [0.717, 1.165) is 0 Å². The monoisotopic (exact) mass is 282 g/mol. The first-order valence-electron chi connectivity index (χ1n) is 5.73. The van der Waals surface area contributed by atoms with Crippen molar-refractivity contribution in [2.24, 2.45) is 0 Å². The van der Waals surface area contributed by atoms with Crippen molar-refractivity contribution >= 4 is 0 Å². The number of aromatic amines is 1. The van der Waals surface area contributed by atoms with E-state index in [0.29, 0.717) is 17.1 Å². The summed E-state index contributed by atoms with van der Waals surface area (Å²) in [7, 11) is 1.50. The highest BCUT2D eigenvalue weighted by Crippen LogP contribution is 2.20. The second-order valence-corrected chi connectivity index (χ2v) is 3.92. The fourth-order valence-electron chi connectivity index (χ4n) is 1.66. The predicted octanol–water partition coefficient (Wildman–Crippen LogP) is 2.18. The Balaban J connectivity index is 2.29. The number of H-pyrrole nitrogens is 1. The highest BCUT2D eigenvalue weighted by molar-refractivity contribution is 5.56. The maximum absolute atomic E-state index is 12.0. The van der Waals surface area contributed by atoms with Crippen LogP contribution in [0, 0.1) is 0 Å². The van der Waals surface area contributed by atoms with Gasteiger partial charge in [-0.3, -0.25) is 4.79 Å². The number of alkyl halides is 2. The van der Waals surface area contributed by atoms with Crippen LogP contribution in [0.2, 0.25) is 0 Å². The fourth-order valence-corrected chi connectivity index (χ4v) is 1.66. The van der Waals surface area contributed by atoms with Crippen molar-refractivity contribution in [1.29, 1.82) is 0 Å². The smallest absolute Gasteiger partial charge is 0.387 e. The molecule has 106 valence electrons. The molecule has 0 aliphatic heterocycles. The van der Waals surface area contributed by atoms with Crippen LogP contribution in [-0.4, -0.2) is 23.7 Å². The molecule has 0 aliphatic rings.